The fourth-order valence-electron chi connectivity index (χ4n) is 3.61. The highest BCUT2D eigenvalue weighted by Crippen LogP contribution is 2.33. The summed E-state index contributed by atoms with van der Waals surface area (Å²) < 4.78 is 44.9. The standard InChI is InChI=1S/C28H26N2O6S/c1-34-26-18-17-23(19-27(26)35-2)37(32,33)30(21-11-5-3-6-12-21)20-28(31)29-24-15-9-10-16-25(24)36-22-13-7-4-8-14-22/h3-19H,20H2,1-2H3,(H,29,31). The van der Waals surface area contributed by atoms with Crippen molar-refractivity contribution in [2.24, 2.45) is 0 Å². The number of nitrogens with one attached hydrogen (secondary N) is 1. The topological polar surface area (TPSA) is 94.2 Å². The van der Waals surface area contributed by atoms with E-state index in [4.69, 9.17) is 14.2 Å². The number of benzene rings is 4. The molecule has 0 spiro atoms. The zero-order valence-corrected chi connectivity index (χ0v) is 21.1. The van der Waals surface area contributed by atoms with Crippen molar-refractivity contribution in [3.05, 3.63) is 103 Å². The van der Waals surface area contributed by atoms with Crippen LogP contribution < -0.4 is 23.8 Å². The van der Waals surface area contributed by atoms with Crippen molar-refractivity contribution in [1.29, 1.82) is 0 Å². The SMILES string of the molecule is COc1ccc(S(=O)(=O)N(CC(=O)Nc2ccccc2Oc2ccccc2)c2ccccc2)cc1OC. The van der Waals surface area contributed by atoms with E-state index in [1.54, 1.807) is 66.7 Å². The molecule has 0 aliphatic rings. The fourth-order valence-corrected chi connectivity index (χ4v) is 5.05. The van der Waals surface area contributed by atoms with Gasteiger partial charge in [-0.3, -0.25) is 9.10 Å². The molecule has 9 heteroatoms. The number of anilines is 2. The summed E-state index contributed by atoms with van der Waals surface area (Å²) in [6.45, 7) is -0.472. The number of para-hydroxylation sites is 4. The van der Waals surface area contributed by atoms with Gasteiger partial charge in [-0.15, -0.1) is 0 Å². The molecule has 4 aromatic carbocycles. The van der Waals surface area contributed by atoms with E-state index in [0.717, 1.165) is 4.31 Å². The van der Waals surface area contributed by atoms with Crippen molar-refractivity contribution >= 4 is 27.3 Å². The Balaban J connectivity index is 1.63. The van der Waals surface area contributed by atoms with Gasteiger partial charge in [0, 0.05) is 6.07 Å². The molecule has 0 radical (unpaired) electrons. The summed E-state index contributed by atoms with van der Waals surface area (Å²) in [5, 5.41) is 2.78. The summed E-state index contributed by atoms with van der Waals surface area (Å²) in [6.07, 6.45) is 0. The zero-order valence-electron chi connectivity index (χ0n) is 20.3. The van der Waals surface area contributed by atoms with Gasteiger partial charge in [0.2, 0.25) is 5.91 Å². The van der Waals surface area contributed by atoms with Gasteiger partial charge in [0.1, 0.15) is 12.3 Å². The highest BCUT2D eigenvalue weighted by molar-refractivity contribution is 7.92. The van der Waals surface area contributed by atoms with E-state index in [9.17, 15) is 13.2 Å². The van der Waals surface area contributed by atoms with E-state index in [0.29, 0.717) is 28.6 Å². The molecule has 190 valence electrons. The predicted octanol–water partition coefficient (Wildman–Crippen LogP) is 5.33. The molecule has 1 amide bonds. The first-order chi connectivity index (χ1) is 17.9. The van der Waals surface area contributed by atoms with Crippen LogP contribution in [0.4, 0.5) is 11.4 Å². The number of ether oxygens (including phenoxy) is 3. The number of nitrogens with zero attached hydrogens (tertiary/aromatic N) is 1. The average Bonchev–Trinajstić information content (AvgIpc) is 2.93. The fraction of sp³-hybridized carbons (Fsp3) is 0.107. The van der Waals surface area contributed by atoms with E-state index in [1.165, 1.54) is 32.4 Å². The summed E-state index contributed by atoms with van der Waals surface area (Å²) in [5.41, 5.74) is 0.745. The van der Waals surface area contributed by atoms with E-state index < -0.39 is 22.5 Å². The molecule has 8 nitrogen and oxygen atoms in total. The van der Waals surface area contributed by atoms with Crippen LogP contribution in [0.2, 0.25) is 0 Å². The molecule has 0 bridgehead atoms. The van der Waals surface area contributed by atoms with Gasteiger partial charge >= 0.3 is 0 Å². The lowest BCUT2D eigenvalue weighted by molar-refractivity contribution is -0.114. The summed E-state index contributed by atoms with van der Waals surface area (Å²) in [6, 6.07) is 28.8. The monoisotopic (exact) mass is 518 g/mol. The first-order valence-electron chi connectivity index (χ1n) is 11.3. The molecular formula is C28H26N2O6S. The lowest BCUT2D eigenvalue weighted by atomic mass is 10.2. The highest BCUT2D eigenvalue weighted by Gasteiger charge is 2.28. The maximum Gasteiger partial charge on any atom is 0.264 e. The molecule has 0 aromatic heterocycles. The van der Waals surface area contributed by atoms with Gasteiger partial charge in [-0.05, 0) is 48.5 Å². The van der Waals surface area contributed by atoms with Crippen molar-refractivity contribution in [2.75, 3.05) is 30.4 Å². The third kappa shape index (κ3) is 6.02. The van der Waals surface area contributed by atoms with Crippen LogP contribution in [-0.4, -0.2) is 35.1 Å². The minimum Gasteiger partial charge on any atom is -0.493 e. The summed E-state index contributed by atoms with van der Waals surface area (Å²) >= 11 is 0. The molecule has 0 heterocycles. The van der Waals surface area contributed by atoms with Gasteiger partial charge in [0.05, 0.1) is 30.5 Å². The minimum absolute atomic E-state index is 0.0467. The molecule has 0 saturated heterocycles. The molecule has 37 heavy (non-hydrogen) atoms. The number of rotatable bonds is 10. The molecule has 0 aliphatic carbocycles. The molecule has 0 fully saturated rings. The number of amides is 1. The average molecular weight is 519 g/mol. The van der Waals surface area contributed by atoms with Crippen LogP contribution in [0.25, 0.3) is 0 Å². The van der Waals surface area contributed by atoms with Crippen LogP contribution in [-0.2, 0) is 14.8 Å². The second-order valence-electron chi connectivity index (χ2n) is 7.82. The van der Waals surface area contributed by atoms with E-state index in [-0.39, 0.29) is 10.6 Å². The Bertz CT molecular complexity index is 1460. The Labute approximate surface area is 216 Å². The van der Waals surface area contributed by atoms with Crippen LogP contribution in [0.5, 0.6) is 23.0 Å². The Morgan fingerprint density at radius 3 is 2.05 bits per heavy atom. The van der Waals surface area contributed by atoms with E-state index >= 15 is 0 Å². The lowest BCUT2D eigenvalue weighted by Gasteiger charge is -2.24. The number of carbonyl (C=O) groups is 1. The van der Waals surface area contributed by atoms with Gasteiger partial charge in [0.15, 0.2) is 17.2 Å². The van der Waals surface area contributed by atoms with Gasteiger partial charge < -0.3 is 19.5 Å². The maximum absolute atomic E-state index is 13.7. The molecule has 4 aromatic rings. The smallest absolute Gasteiger partial charge is 0.264 e. The molecule has 4 rings (SSSR count). The van der Waals surface area contributed by atoms with E-state index in [1.807, 2.05) is 18.2 Å². The number of carbonyl (C=O) groups excluding carboxylic acids is 1. The summed E-state index contributed by atoms with van der Waals surface area (Å²) in [4.78, 5) is 13.1. The maximum atomic E-state index is 13.7. The van der Waals surface area contributed by atoms with Gasteiger partial charge in [-0.25, -0.2) is 8.42 Å². The van der Waals surface area contributed by atoms with Crippen molar-refractivity contribution < 1.29 is 27.4 Å². The second-order valence-corrected chi connectivity index (χ2v) is 9.69. The largest absolute Gasteiger partial charge is 0.493 e. The van der Waals surface area contributed by atoms with Crippen molar-refractivity contribution in [2.45, 2.75) is 4.90 Å². The highest BCUT2D eigenvalue weighted by atomic mass is 32.2. The summed E-state index contributed by atoms with van der Waals surface area (Å²) in [5.74, 6) is 1.13. The molecule has 0 aliphatic heterocycles. The first kappa shape index (κ1) is 25.6. The van der Waals surface area contributed by atoms with Crippen LogP contribution >= 0.6 is 0 Å². The number of methoxy groups -OCH3 is 2. The number of sulfonamides is 1. The Morgan fingerprint density at radius 1 is 0.757 bits per heavy atom. The normalized spacial score (nSPS) is 10.9. The molecular weight excluding hydrogens is 492 g/mol. The second kappa shape index (κ2) is 11.5. The van der Waals surface area contributed by atoms with Gasteiger partial charge in [-0.2, -0.15) is 0 Å². The van der Waals surface area contributed by atoms with Crippen LogP contribution in [0, 0.1) is 0 Å². The number of hydrogen-bond donors (Lipinski definition) is 1. The summed E-state index contributed by atoms with van der Waals surface area (Å²) in [7, 11) is -1.27. The van der Waals surface area contributed by atoms with Crippen LogP contribution in [0.1, 0.15) is 0 Å². The molecule has 0 saturated carbocycles. The van der Waals surface area contributed by atoms with Crippen LogP contribution in [0.15, 0.2) is 108 Å². The number of hydrogen-bond acceptors (Lipinski definition) is 6. The van der Waals surface area contributed by atoms with Crippen LogP contribution in [0.3, 0.4) is 0 Å². The molecule has 0 unspecified atom stereocenters. The van der Waals surface area contributed by atoms with Gasteiger partial charge in [0.25, 0.3) is 10.0 Å². The van der Waals surface area contributed by atoms with Crippen molar-refractivity contribution in [3.63, 3.8) is 0 Å². The van der Waals surface area contributed by atoms with Gasteiger partial charge in [-0.1, -0.05) is 48.5 Å². The zero-order chi connectivity index (χ0) is 26.3. The third-order valence-electron chi connectivity index (χ3n) is 5.41. The van der Waals surface area contributed by atoms with Crippen molar-refractivity contribution in [1.82, 2.24) is 0 Å². The lowest BCUT2D eigenvalue weighted by Crippen LogP contribution is -2.38. The molecule has 1 N–H and O–H groups in total. The quantitative estimate of drug-likeness (QED) is 0.305. The first-order valence-corrected chi connectivity index (χ1v) is 12.8. The third-order valence-corrected chi connectivity index (χ3v) is 7.18. The van der Waals surface area contributed by atoms with Crippen molar-refractivity contribution in [3.8, 4) is 23.0 Å². The minimum atomic E-state index is -4.15. The Morgan fingerprint density at radius 2 is 1.38 bits per heavy atom. The van der Waals surface area contributed by atoms with E-state index in [2.05, 4.69) is 5.32 Å². The predicted molar refractivity (Wildman–Crippen MR) is 142 cm³/mol. The molecule has 0 atom stereocenters. The Hall–Kier alpha value is -4.50. The Kier molecular flexibility index (Phi) is 7.95.